The highest BCUT2D eigenvalue weighted by Crippen LogP contribution is 2.29. The molecular formula is C13H10ClNO2. The van der Waals surface area contributed by atoms with E-state index in [-0.39, 0.29) is 0 Å². The van der Waals surface area contributed by atoms with Crippen molar-refractivity contribution < 1.29 is 9.53 Å². The first-order chi connectivity index (χ1) is 8.19. The molecule has 17 heavy (non-hydrogen) atoms. The van der Waals surface area contributed by atoms with E-state index in [4.69, 9.17) is 16.3 Å². The highest BCUT2D eigenvalue weighted by molar-refractivity contribution is 6.32. The molecule has 1 aromatic heterocycles. The maximum Gasteiger partial charge on any atom is 0.151 e. The van der Waals surface area contributed by atoms with Crippen molar-refractivity contribution in [3.05, 3.63) is 52.8 Å². The van der Waals surface area contributed by atoms with Crippen LogP contribution in [0.4, 0.5) is 0 Å². The van der Waals surface area contributed by atoms with Crippen LogP contribution in [-0.4, -0.2) is 11.3 Å². The van der Waals surface area contributed by atoms with E-state index in [9.17, 15) is 4.79 Å². The summed E-state index contributed by atoms with van der Waals surface area (Å²) in [6.45, 7) is 1.95. The maximum atomic E-state index is 10.6. The van der Waals surface area contributed by atoms with Crippen LogP contribution in [0.5, 0.6) is 11.5 Å². The van der Waals surface area contributed by atoms with Gasteiger partial charge >= 0.3 is 0 Å². The number of rotatable bonds is 3. The summed E-state index contributed by atoms with van der Waals surface area (Å²) in [6.07, 6.45) is 3.72. The van der Waals surface area contributed by atoms with E-state index < -0.39 is 0 Å². The fourth-order valence-electron chi connectivity index (χ4n) is 1.37. The van der Waals surface area contributed by atoms with Crippen molar-refractivity contribution in [2.45, 2.75) is 6.92 Å². The molecule has 0 saturated carbocycles. The SMILES string of the molecule is Cc1ccc(Cl)c(Oc2cncc(C=O)c2)c1. The summed E-state index contributed by atoms with van der Waals surface area (Å²) in [4.78, 5) is 14.5. The molecule has 0 aliphatic carbocycles. The molecule has 0 fully saturated rings. The molecule has 0 atom stereocenters. The Labute approximate surface area is 104 Å². The molecule has 2 aromatic rings. The van der Waals surface area contributed by atoms with Crippen LogP contribution >= 0.6 is 11.6 Å². The van der Waals surface area contributed by atoms with Gasteiger partial charge in [-0.2, -0.15) is 0 Å². The lowest BCUT2D eigenvalue weighted by molar-refractivity contribution is 0.112. The van der Waals surface area contributed by atoms with E-state index in [1.54, 1.807) is 12.1 Å². The number of ether oxygens (including phenoxy) is 1. The molecule has 0 radical (unpaired) electrons. The first kappa shape index (κ1) is 11.6. The molecule has 0 unspecified atom stereocenters. The van der Waals surface area contributed by atoms with E-state index in [1.807, 2.05) is 19.1 Å². The molecule has 3 nitrogen and oxygen atoms in total. The molecule has 0 N–H and O–H groups in total. The van der Waals surface area contributed by atoms with Gasteiger partial charge in [-0.3, -0.25) is 9.78 Å². The summed E-state index contributed by atoms with van der Waals surface area (Å²) in [5, 5.41) is 0.520. The topological polar surface area (TPSA) is 39.2 Å². The molecule has 0 aliphatic heterocycles. The van der Waals surface area contributed by atoms with E-state index in [1.165, 1.54) is 12.4 Å². The molecule has 0 amide bonds. The van der Waals surface area contributed by atoms with Crippen LogP contribution in [0.15, 0.2) is 36.7 Å². The average Bonchev–Trinajstić information content (AvgIpc) is 2.34. The minimum absolute atomic E-state index is 0.464. The van der Waals surface area contributed by atoms with Gasteiger partial charge in [0.2, 0.25) is 0 Å². The number of aryl methyl sites for hydroxylation is 1. The smallest absolute Gasteiger partial charge is 0.151 e. The van der Waals surface area contributed by atoms with Crippen molar-refractivity contribution in [2.75, 3.05) is 0 Å². The number of benzene rings is 1. The van der Waals surface area contributed by atoms with E-state index in [0.29, 0.717) is 22.1 Å². The molecule has 0 spiro atoms. The average molecular weight is 248 g/mol. The lowest BCUT2D eigenvalue weighted by atomic mass is 10.2. The Morgan fingerprint density at radius 2 is 2.12 bits per heavy atom. The highest BCUT2D eigenvalue weighted by Gasteiger charge is 2.04. The summed E-state index contributed by atoms with van der Waals surface area (Å²) in [5.41, 5.74) is 1.51. The van der Waals surface area contributed by atoms with Gasteiger partial charge in [0.15, 0.2) is 6.29 Å². The highest BCUT2D eigenvalue weighted by atomic mass is 35.5. The molecule has 0 saturated heterocycles. The summed E-state index contributed by atoms with van der Waals surface area (Å²) in [5.74, 6) is 1.04. The lowest BCUT2D eigenvalue weighted by Crippen LogP contribution is -1.89. The minimum Gasteiger partial charge on any atom is -0.454 e. The number of nitrogens with zero attached hydrogens (tertiary/aromatic N) is 1. The van der Waals surface area contributed by atoms with Crippen molar-refractivity contribution in [1.82, 2.24) is 4.98 Å². The van der Waals surface area contributed by atoms with Crippen LogP contribution in [0.3, 0.4) is 0 Å². The molecule has 4 heteroatoms. The number of hydrogen-bond donors (Lipinski definition) is 0. The zero-order chi connectivity index (χ0) is 12.3. The molecule has 2 rings (SSSR count). The van der Waals surface area contributed by atoms with Gasteiger partial charge in [-0.25, -0.2) is 0 Å². The third-order valence-corrected chi connectivity index (χ3v) is 2.50. The Kier molecular flexibility index (Phi) is 3.40. The minimum atomic E-state index is 0.464. The maximum absolute atomic E-state index is 10.6. The van der Waals surface area contributed by atoms with Gasteiger partial charge in [-0.05, 0) is 30.7 Å². The standard InChI is InChI=1S/C13H10ClNO2/c1-9-2-3-12(14)13(4-9)17-11-5-10(8-16)6-15-7-11/h2-8H,1H3. The second-order valence-corrected chi connectivity index (χ2v) is 4.01. The number of aromatic nitrogens is 1. The fraction of sp³-hybridized carbons (Fsp3) is 0.0769. The van der Waals surface area contributed by atoms with E-state index in [2.05, 4.69) is 4.98 Å². The number of carbonyl (C=O) groups is 1. The number of hydrogen-bond acceptors (Lipinski definition) is 3. The van der Waals surface area contributed by atoms with Gasteiger partial charge < -0.3 is 4.74 Å². The van der Waals surface area contributed by atoms with Gasteiger partial charge in [0.05, 0.1) is 11.2 Å². The van der Waals surface area contributed by atoms with Gasteiger partial charge in [0.1, 0.15) is 11.5 Å². The van der Waals surface area contributed by atoms with E-state index in [0.717, 1.165) is 11.8 Å². The quantitative estimate of drug-likeness (QED) is 0.777. The summed E-state index contributed by atoms with van der Waals surface area (Å²) in [7, 11) is 0. The predicted octanol–water partition coefficient (Wildman–Crippen LogP) is 3.65. The van der Waals surface area contributed by atoms with Crippen LogP contribution in [0.2, 0.25) is 5.02 Å². The molecule has 1 heterocycles. The normalized spacial score (nSPS) is 10.0. The second-order valence-electron chi connectivity index (χ2n) is 3.61. The van der Waals surface area contributed by atoms with Gasteiger partial charge in [-0.15, -0.1) is 0 Å². The Balaban J connectivity index is 2.30. The number of halogens is 1. The first-order valence-corrected chi connectivity index (χ1v) is 5.41. The van der Waals surface area contributed by atoms with Crippen LogP contribution < -0.4 is 4.74 Å². The van der Waals surface area contributed by atoms with Crippen molar-refractivity contribution in [3.63, 3.8) is 0 Å². The monoisotopic (exact) mass is 247 g/mol. The number of carbonyl (C=O) groups excluding carboxylic acids is 1. The first-order valence-electron chi connectivity index (χ1n) is 5.03. The third kappa shape index (κ3) is 2.82. The number of aldehydes is 1. The summed E-state index contributed by atoms with van der Waals surface area (Å²) < 4.78 is 5.58. The fourth-order valence-corrected chi connectivity index (χ4v) is 1.53. The van der Waals surface area contributed by atoms with Crippen LogP contribution in [0.1, 0.15) is 15.9 Å². The lowest BCUT2D eigenvalue weighted by Gasteiger charge is -2.08. The van der Waals surface area contributed by atoms with E-state index >= 15 is 0 Å². The molecule has 0 bridgehead atoms. The zero-order valence-electron chi connectivity index (χ0n) is 9.18. The van der Waals surface area contributed by atoms with Crippen LogP contribution in [0.25, 0.3) is 0 Å². The van der Waals surface area contributed by atoms with Gasteiger partial charge in [0, 0.05) is 11.8 Å². The second kappa shape index (κ2) is 4.97. The Hall–Kier alpha value is -1.87. The van der Waals surface area contributed by atoms with Crippen LogP contribution in [-0.2, 0) is 0 Å². The molecule has 1 aromatic carbocycles. The van der Waals surface area contributed by atoms with Crippen molar-refractivity contribution in [1.29, 1.82) is 0 Å². The Morgan fingerprint density at radius 1 is 1.29 bits per heavy atom. The van der Waals surface area contributed by atoms with Crippen molar-refractivity contribution in [3.8, 4) is 11.5 Å². The summed E-state index contributed by atoms with van der Waals surface area (Å²) in [6, 6.07) is 7.10. The van der Waals surface area contributed by atoms with Gasteiger partial charge in [-0.1, -0.05) is 17.7 Å². The third-order valence-electron chi connectivity index (χ3n) is 2.18. The largest absolute Gasteiger partial charge is 0.454 e. The summed E-state index contributed by atoms with van der Waals surface area (Å²) >= 11 is 6.00. The Morgan fingerprint density at radius 3 is 2.88 bits per heavy atom. The van der Waals surface area contributed by atoms with Crippen molar-refractivity contribution in [2.24, 2.45) is 0 Å². The zero-order valence-corrected chi connectivity index (χ0v) is 9.94. The predicted molar refractivity (Wildman–Crippen MR) is 65.9 cm³/mol. The molecule has 0 aliphatic rings. The van der Waals surface area contributed by atoms with Gasteiger partial charge in [0.25, 0.3) is 0 Å². The van der Waals surface area contributed by atoms with Crippen molar-refractivity contribution >= 4 is 17.9 Å². The van der Waals surface area contributed by atoms with Crippen LogP contribution in [0, 0.1) is 6.92 Å². The number of pyridine rings is 1. The molecular weight excluding hydrogens is 238 g/mol. The molecule has 86 valence electrons. The Bertz CT molecular complexity index is 555.